The lowest BCUT2D eigenvalue weighted by Crippen LogP contribution is -2.39. The molecule has 0 bridgehead atoms. The molecular weight excluding hydrogens is 638 g/mol. The fourth-order valence-corrected chi connectivity index (χ4v) is 5.27. The lowest BCUT2D eigenvalue weighted by Gasteiger charge is -2.31. The standard InChI is InChI=1S/C33H28BF5N4O5/c1-3-48-23-10-8-22(9-11-23)43-31(41-30-24(32(43)45)5-4-14-40-30)19(2)42(18-21-7-13-28(36)26(16-21)34(46)47)29(44)17-20-6-12-27(35)25(15-20)33(37,38)39/h4-16,19,46-47H,3,17-18H2,1-2H3. The Morgan fingerprint density at radius 2 is 1.69 bits per heavy atom. The molecule has 1 unspecified atom stereocenters. The van der Waals surface area contributed by atoms with Crippen LogP contribution in [-0.2, 0) is 23.9 Å². The number of rotatable bonds is 10. The van der Waals surface area contributed by atoms with Gasteiger partial charge in [-0.1, -0.05) is 18.2 Å². The fraction of sp³-hybridized carbons (Fsp3) is 0.212. The van der Waals surface area contributed by atoms with Gasteiger partial charge in [0.05, 0.1) is 35.7 Å². The Morgan fingerprint density at radius 3 is 2.35 bits per heavy atom. The van der Waals surface area contributed by atoms with Crippen LogP contribution in [0, 0.1) is 11.6 Å². The van der Waals surface area contributed by atoms with Crippen LogP contribution in [0.4, 0.5) is 22.0 Å². The highest BCUT2D eigenvalue weighted by molar-refractivity contribution is 6.58. The molecule has 0 saturated carbocycles. The van der Waals surface area contributed by atoms with Crippen LogP contribution in [-0.4, -0.2) is 49.1 Å². The van der Waals surface area contributed by atoms with Crippen LogP contribution in [0.15, 0.2) is 83.8 Å². The predicted octanol–water partition coefficient (Wildman–Crippen LogP) is 4.49. The number of ether oxygens (including phenoxy) is 1. The van der Waals surface area contributed by atoms with Crippen molar-refractivity contribution >= 4 is 29.5 Å². The molecule has 1 amide bonds. The van der Waals surface area contributed by atoms with Gasteiger partial charge < -0.3 is 19.7 Å². The summed E-state index contributed by atoms with van der Waals surface area (Å²) in [5.41, 5.74) is -2.03. The zero-order valence-corrected chi connectivity index (χ0v) is 25.6. The molecule has 0 radical (unpaired) electrons. The van der Waals surface area contributed by atoms with Crippen molar-refractivity contribution in [1.82, 2.24) is 19.4 Å². The van der Waals surface area contributed by atoms with Gasteiger partial charge in [0.15, 0.2) is 5.65 Å². The van der Waals surface area contributed by atoms with Gasteiger partial charge in [-0.15, -0.1) is 0 Å². The van der Waals surface area contributed by atoms with Gasteiger partial charge in [0.1, 0.15) is 23.2 Å². The van der Waals surface area contributed by atoms with Crippen molar-refractivity contribution < 1.29 is 41.5 Å². The second-order valence-electron chi connectivity index (χ2n) is 10.8. The van der Waals surface area contributed by atoms with Crippen LogP contribution in [0.25, 0.3) is 16.7 Å². The lowest BCUT2D eigenvalue weighted by atomic mass is 9.79. The van der Waals surface area contributed by atoms with Crippen molar-refractivity contribution in [3.05, 3.63) is 123 Å². The van der Waals surface area contributed by atoms with Crippen LogP contribution in [0.1, 0.15) is 42.4 Å². The van der Waals surface area contributed by atoms with Crippen LogP contribution >= 0.6 is 0 Å². The maximum absolute atomic E-state index is 14.3. The normalized spacial score (nSPS) is 12.2. The first kappa shape index (κ1) is 34.2. The van der Waals surface area contributed by atoms with Crippen molar-refractivity contribution in [2.24, 2.45) is 0 Å². The second-order valence-corrected chi connectivity index (χ2v) is 10.8. The SMILES string of the molecule is CCOc1ccc(-n2c(C(C)N(Cc3ccc(F)c(B(O)O)c3)C(=O)Cc3ccc(F)c(C(F)(F)F)c3)nc3ncccc3c2=O)cc1. The number of aromatic nitrogens is 3. The minimum absolute atomic E-state index is 0.0309. The van der Waals surface area contributed by atoms with Crippen LogP contribution in [0.2, 0.25) is 0 Å². The number of benzene rings is 3. The Balaban J connectivity index is 1.65. The zero-order valence-electron chi connectivity index (χ0n) is 25.6. The van der Waals surface area contributed by atoms with E-state index in [1.165, 1.54) is 34.7 Å². The molecule has 5 rings (SSSR count). The number of halogens is 5. The highest BCUT2D eigenvalue weighted by Crippen LogP contribution is 2.32. The lowest BCUT2D eigenvalue weighted by molar-refractivity contribution is -0.140. The smallest absolute Gasteiger partial charge is 0.491 e. The first-order valence-corrected chi connectivity index (χ1v) is 14.7. The van der Waals surface area contributed by atoms with Gasteiger partial charge in [0, 0.05) is 18.2 Å². The quantitative estimate of drug-likeness (QED) is 0.167. The Kier molecular flexibility index (Phi) is 9.91. The molecular formula is C33H28BF5N4O5. The van der Waals surface area contributed by atoms with Gasteiger partial charge in [-0.3, -0.25) is 14.2 Å². The Morgan fingerprint density at radius 1 is 1.00 bits per heavy atom. The van der Waals surface area contributed by atoms with Crippen LogP contribution in [0.5, 0.6) is 5.75 Å². The molecule has 9 nitrogen and oxygen atoms in total. The molecule has 248 valence electrons. The van der Waals surface area contributed by atoms with E-state index in [1.807, 2.05) is 6.92 Å². The molecule has 0 saturated heterocycles. The van der Waals surface area contributed by atoms with E-state index in [2.05, 4.69) is 9.97 Å². The van der Waals surface area contributed by atoms with Gasteiger partial charge in [0.2, 0.25) is 5.91 Å². The van der Waals surface area contributed by atoms with E-state index in [4.69, 9.17) is 4.74 Å². The van der Waals surface area contributed by atoms with Crippen molar-refractivity contribution in [2.75, 3.05) is 6.61 Å². The molecule has 0 spiro atoms. The third kappa shape index (κ3) is 7.21. The van der Waals surface area contributed by atoms with E-state index < -0.39 is 59.9 Å². The van der Waals surface area contributed by atoms with Crippen LogP contribution in [0.3, 0.4) is 0 Å². The highest BCUT2D eigenvalue weighted by Gasteiger charge is 2.35. The number of carbonyl (C=O) groups is 1. The zero-order chi connectivity index (χ0) is 34.7. The summed E-state index contributed by atoms with van der Waals surface area (Å²) in [6.07, 6.45) is -4.20. The number of amides is 1. The first-order chi connectivity index (χ1) is 22.8. The van der Waals surface area contributed by atoms with Gasteiger partial charge in [-0.25, -0.2) is 18.7 Å². The maximum atomic E-state index is 14.3. The molecule has 5 aromatic rings. The van der Waals surface area contributed by atoms with Crippen molar-refractivity contribution in [2.45, 2.75) is 39.0 Å². The topological polar surface area (TPSA) is 118 Å². The minimum Gasteiger partial charge on any atom is -0.494 e. The molecule has 1 atom stereocenters. The summed E-state index contributed by atoms with van der Waals surface area (Å²) in [6, 6.07) is 14.1. The molecule has 0 aliphatic carbocycles. The Labute approximate surface area is 271 Å². The average molecular weight is 666 g/mol. The predicted molar refractivity (Wildman–Crippen MR) is 167 cm³/mol. The minimum atomic E-state index is -5.01. The summed E-state index contributed by atoms with van der Waals surface area (Å²) in [5.74, 6) is -2.61. The van der Waals surface area contributed by atoms with E-state index in [0.717, 1.165) is 18.2 Å². The van der Waals surface area contributed by atoms with Crippen molar-refractivity contribution in [1.29, 1.82) is 0 Å². The molecule has 2 heterocycles. The first-order valence-electron chi connectivity index (χ1n) is 14.7. The highest BCUT2D eigenvalue weighted by atomic mass is 19.4. The number of nitrogens with zero attached hydrogens (tertiary/aromatic N) is 4. The average Bonchev–Trinajstić information content (AvgIpc) is 3.05. The summed E-state index contributed by atoms with van der Waals surface area (Å²) in [7, 11) is -2.18. The van der Waals surface area contributed by atoms with E-state index >= 15 is 0 Å². The summed E-state index contributed by atoms with van der Waals surface area (Å²) >= 11 is 0. The van der Waals surface area contributed by atoms with Gasteiger partial charge >= 0.3 is 13.3 Å². The monoisotopic (exact) mass is 666 g/mol. The molecule has 2 N–H and O–H groups in total. The summed E-state index contributed by atoms with van der Waals surface area (Å²) in [6.45, 7) is 3.42. The Bertz CT molecular complexity index is 2020. The molecule has 48 heavy (non-hydrogen) atoms. The number of alkyl halides is 3. The maximum Gasteiger partial charge on any atom is 0.491 e. The van der Waals surface area contributed by atoms with E-state index in [0.29, 0.717) is 30.2 Å². The molecule has 0 aliphatic heterocycles. The summed E-state index contributed by atoms with van der Waals surface area (Å²) in [4.78, 5) is 38.0. The van der Waals surface area contributed by atoms with Crippen molar-refractivity contribution in [3.63, 3.8) is 0 Å². The van der Waals surface area contributed by atoms with Gasteiger partial charge in [-0.2, -0.15) is 13.2 Å². The summed E-state index contributed by atoms with van der Waals surface area (Å²) < 4.78 is 75.6. The van der Waals surface area contributed by atoms with E-state index in [-0.39, 0.29) is 34.5 Å². The number of hydrogen-bond acceptors (Lipinski definition) is 7. The van der Waals surface area contributed by atoms with Crippen molar-refractivity contribution in [3.8, 4) is 11.4 Å². The number of pyridine rings is 1. The van der Waals surface area contributed by atoms with Gasteiger partial charge in [0.25, 0.3) is 5.56 Å². The Hall–Kier alpha value is -5.15. The number of carbonyl (C=O) groups excluding carboxylic acids is 1. The third-order valence-electron chi connectivity index (χ3n) is 7.62. The summed E-state index contributed by atoms with van der Waals surface area (Å²) in [5, 5.41) is 19.5. The third-order valence-corrected chi connectivity index (χ3v) is 7.62. The molecule has 0 fully saturated rings. The number of fused-ring (bicyclic) bond motifs is 1. The molecule has 0 aliphatic rings. The molecule has 2 aromatic heterocycles. The fourth-order valence-electron chi connectivity index (χ4n) is 5.27. The van der Waals surface area contributed by atoms with E-state index in [9.17, 15) is 41.6 Å². The second kappa shape index (κ2) is 13.9. The van der Waals surface area contributed by atoms with Gasteiger partial charge in [-0.05, 0) is 79.6 Å². The van der Waals surface area contributed by atoms with E-state index in [1.54, 1.807) is 30.3 Å². The molecule has 3 aromatic carbocycles. The number of hydrogen-bond donors (Lipinski definition) is 2. The van der Waals surface area contributed by atoms with Crippen LogP contribution < -0.4 is 15.8 Å². The largest absolute Gasteiger partial charge is 0.494 e. The molecule has 15 heteroatoms.